The summed E-state index contributed by atoms with van der Waals surface area (Å²) in [6, 6.07) is 0.980. The van der Waals surface area contributed by atoms with Gasteiger partial charge < -0.3 is 5.11 Å². The molecule has 0 saturated heterocycles. The van der Waals surface area contributed by atoms with Crippen molar-refractivity contribution in [1.82, 2.24) is 9.78 Å². The molecule has 1 aromatic heterocycles. The normalized spacial score (nSPS) is 12.0. The maximum atomic E-state index is 12.2. The topological polar surface area (TPSA) is 38.0 Å². The molecule has 3 nitrogen and oxygen atoms in total. The van der Waals surface area contributed by atoms with Crippen molar-refractivity contribution >= 4 is 0 Å². The van der Waals surface area contributed by atoms with E-state index in [4.69, 9.17) is 5.11 Å². The SMILES string of the molecule is OCCCCCCn1ccc(C(F)(F)F)n1. The van der Waals surface area contributed by atoms with Crippen molar-refractivity contribution in [3.05, 3.63) is 18.0 Å². The molecule has 0 fully saturated rings. The molecule has 0 unspecified atom stereocenters. The van der Waals surface area contributed by atoms with Crippen LogP contribution in [-0.4, -0.2) is 21.5 Å². The number of hydrogen-bond donors (Lipinski definition) is 1. The minimum atomic E-state index is -4.36. The molecule has 0 aromatic carbocycles. The van der Waals surface area contributed by atoms with Gasteiger partial charge in [-0.1, -0.05) is 12.8 Å². The molecular weight excluding hydrogens is 221 g/mol. The van der Waals surface area contributed by atoms with Gasteiger partial charge in [0.25, 0.3) is 0 Å². The van der Waals surface area contributed by atoms with E-state index in [1.54, 1.807) is 0 Å². The number of hydrogen-bond acceptors (Lipinski definition) is 2. The summed E-state index contributed by atoms with van der Waals surface area (Å²) in [5.41, 5.74) is -0.845. The Hall–Kier alpha value is -1.04. The quantitative estimate of drug-likeness (QED) is 0.770. The van der Waals surface area contributed by atoms with E-state index >= 15 is 0 Å². The lowest BCUT2D eigenvalue weighted by Gasteiger charge is -2.02. The number of unbranched alkanes of at least 4 members (excludes halogenated alkanes) is 3. The maximum Gasteiger partial charge on any atom is 0.435 e. The van der Waals surface area contributed by atoms with Gasteiger partial charge in [-0.05, 0) is 18.9 Å². The highest BCUT2D eigenvalue weighted by Gasteiger charge is 2.33. The second-order valence-corrected chi connectivity index (χ2v) is 3.60. The van der Waals surface area contributed by atoms with Crippen molar-refractivity contribution in [3.8, 4) is 0 Å². The first kappa shape index (κ1) is 13.0. The highest BCUT2D eigenvalue weighted by molar-refractivity contribution is 5.02. The number of nitrogens with zero attached hydrogens (tertiary/aromatic N) is 2. The highest BCUT2D eigenvalue weighted by Crippen LogP contribution is 2.27. The second kappa shape index (κ2) is 5.89. The van der Waals surface area contributed by atoms with Gasteiger partial charge in [0.05, 0.1) is 0 Å². The summed E-state index contributed by atoms with van der Waals surface area (Å²) in [6.07, 6.45) is 0.286. The standard InChI is InChI=1S/C10H15F3N2O/c11-10(12,13)9-5-7-15(14-9)6-3-1-2-4-8-16/h5,7,16H,1-4,6,8H2. The summed E-state index contributed by atoms with van der Waals surface area (Å²) < 4.78 is 37.9. The Morgan fingerprint density at radius 1 is 1.19 bits per heavy atom. The Morgan fingerprint density at radius 2 is 1.88 bits per heavy atom. The molecule has 1 rings (SSSR count). The molecule has 0 aliphatic heterocycles. The molecule has 16 heavy (non-hydrogen) atoms. The van der Waals surface area contributed by atoms with E-state index in [-0.39, 0.29) is 6.61 Å². The van der Waals surface area contributed by atoms with Crippen LogP contribution in [0.15, 0.2) is 12.3 Å². The van der Waals surface area contributed by atoms with E-state index in [2.05, 4.69) is 5.10 Å². The Bertz CT molecular complexity index is 309. The van der Waals surface area contributed by atoms with Gasteiger partial charge in [-0.2, -0.15) is 18.3 Å². The highest BCUT2D eigenvalue weighted by atomic mass is 19.4. The van der Waals surface area contributed by atoms with E-state index < -0.39 is 11.9 Å². The number of rotatable bonds is 6. The van der Waals surface area contributed by atoms with Crippen LogP contribution in [-0.2, 0) is 12.7 Å². The molecule has 0 bridgehead atoms. The number of aryl methyl sites for hydroxylation is 1. The molecule has 0 spiro atoms. The lowest BCUT2D eigenvalue weighted by atomic mass is 10.2. The monoisotopic (exact) mass is 236 g/mol. The number of aliphatic hydroxyl groups excluding tert-OH is 1. The van der Waals surface area contributed by atoms with Crippen LogP contribution in [0.2, 0.25) is 0 Å². The zero-order valence-electron chi connectivity index (χ0n) is 8.87. The fraction of sp³-hybridized carbons (Fsp3) is 0.700. The molecule has 6 heteroatoms. The van der Waals surface area contributed by atoms with Crippen LogP contribution >= 0.6 is 0 Å². The third-order valence-corrected chi connectivity index (χ3v) is 2.23. The van der Waals surface area contributed by atoms with E-state index in [0.29, 0.717) is 6.54 Å². The predicted molar refractivity (Wildman–Crippen MR) is 52.8 cm³/mol. The Kier molecular flexibility index (Phi) is 4.79. The average Bonchev–Trinajstić information content (AvgIpc) is 2.65. The number of halogens is 3. The van der Waals surface area contributed by atoms with Crippen LogP contribution in [0.25, 0.3) is 0 Å². The lowest BCUT2D eigenvalue weighted by molar-refractivity contribution is -0.141. The minimum absolute atomic E-state index is 0.167. The first-order chi connectivity index (χ1) is 7.54. The summed E-state index contributed by atoms with van der Waals surface area (Å²) in [6.45, 7) is 0.654. The molecule has 1 heterocycles. The van der Waals surface area contributed by atoms with Crippen LogP contribution in [0, 0.1) is 0 Å². The summed E-state index contributed by atoms with van der Waals surface area (Å²) in [5, 5.41) is 12.0. The van der Waals surface area contributed by atoms with Crippen molar-refractivity contribution in [3.63, 3.8) is 0 Å². The number of aromatic nitrogens is 2. The Labute approximate surface area is 91.9 Å². The van der Waals surface area contributed by atoms with Crippen molar-refractivity contribution in [1.29, 1.82) is 0 Å². The van der Waals surface area contributed by atoms with Gasteiger partial charge in [0.1, 0.15) is 0 Å². The second-order valence-electron chi connectivity index (χ2n) is 3.60. The van der Waals surface area contributed by atoms with E-state index in [1.165, 1.54) is 10.9 Å². The molecule has 0 aliphatic carbocycles. The maximum absolute atomic E-state index is 12.2. The summed E-state index contributed by atoms with van der Waals surface area (Å²) in [4.78, 5) is 0. The molecule has 0 atom stereocenters. The van der Waals surface area contributed by atoms with Crippen molar-refractivity contribution in [2.75, 3.05) is 6.61 Å². The van der Waals surface area contributed by atoms with Crippen molar-refractivity contribution in [2.45, 2.75) is 38.4 Å². The Balaban J connectivity index is 2.30. The van der Waals surface area contributed by atoms with Gasteiger partial charge in [-0.15, -0.1) is 0 Å². The minimum Gasteiger partial charge on any atom is -0.396 e. The zero-order chi connectivity index (χ0) is 12.0. The first-order valence-corrected chi connectivity index (χ1v) is 5.25. The largest absolute Gasteiger partial charge is 0.435 e. The van der Waals surface area contributed by atoms with E-state index in [9.17, 15) is 13.2 Å². The Morgan fingerprint density at radius 3 is 2.44 bits per heavy atom. The third kappa shape index (κ3) is 4.22. The number of aliphatic hydroxyl groups is 1. The van der Waals surface area contributed by atoms with Gasteiger partial charge in [0, 0.05) is 19.3 Å². The molecule has 1 aromatic rings. The molecule has 1 N–H and O–H groups in total. The van der Waals surface area contributed by atoms with Gasteiger partial charge in [0.15, 0.2) is 5.69 Å². The molecule has 0 aliphatic rings. The van der Waals surface area contributed by atoms with Crippen LogP contribution < -0.4 is 0 Å². The zero-order valence-corrected chi connectivity index (χ0v) is 8.87. The van der Waals surface area contributed by atoms with Crippen molar-refractivity contribution in [2.24, 2.45) is 0 Å². The first-order valence-electron chi connectivity index (χ1n) is 5.25. The fourth-order valence-corrected chi connectivity index (χ4v) is 1.38. The fourth-order valence-electron chi connectivity index (χ4n) is 1.38. The van der Waals surface area contributed by atoms with E-state index in [0.717, 1.165) is 31.7 Å². The average molecular weight is 236 g/mol. The van der Waals surface area contributed by atoms with E-state index in [1.807, 2.05) is 0 Å². The molecular formula is C10H15F3N2O. The predicted octanol–water partition coefficient (Wildman–Crippen LogP) is 2.45. The van der Waals surface area contributed by atoms with Gasteiger partial charge in [-0.25, -0.2) is 0 Å². The van der Waals surface area contributed by atoms with Crippen LogP contribution in [0.1, 0.15) is 31.4 Å². The van der Waals surface area contributed by atoms with Gasteiger partial charge in [0.2, 0.25) is 0 Å². The summed E-state index contributed by atoms with van der Waals surface area (Å²) in [7, 11) is 0. The smallest absolute Gasteiger partial charge is 0.396 e. The van der Waals surface area contributed by atoms with Crippen LogP contribution in [0.5, 0.6) is 0 Å². The lowest BCUT2D eigenvalue weighted by Crippen LogP contribution is -2.08. The van der Waals surface area contributed by atoms with Gasteiger partial charge in [-0.3, -0.25) is 4.68 Å². The molecule has 0 amide bonds. The molecule has 0 saturated carbocycles. The number of alkyl halides is 3. The van der Waals surface area contributed by atoms with Gasteiger partial charge >= 0.3 is 6.18 Å². The molecule has 0 radical (unpaired) electrons. The third-order valence-electron chi connectivity index (χ3n) is 2.23. The van der Waals surface area contributed by atoms with Crippen molar-refractivity contribution < 1.29 is 18.3 Å². The summed E-state index contributed by atoms with van der Waals surface area (Å²) in [5.74, 6) is 0. The molecule has 92 valence electrons. The van der Waals surface area contributed by atoms with Crippen LogP contribution in [0.3, 0.4) is 0 Å². The summed E-state index contributed by atoms with van der Waals surface area (Å²) >= 11 is 0. The van der Waals surface area contributed by atoms with Crippen LogP contribution in [0.4, 0.5) is 13.2 Å².